The Labute approximate surface area is 130 Å². The van der Waals surface area contributed by atoms with Crippen LogP contribution >= 0.6 is 27.7 Å². The average molecular weight is 346 g/mol. The van der Waals surface area contributed by atoms with Gasteiger partial charge in [0.2, 0.25) is 0 Å². The van der Waals surface area contributed by atoms with E-state index in [1.165, 1.54) is 22.4 Å². The first-order valence-corrected chi connectivity index (χ1v) is 8.01. The lowest BCUT2D eigenvalue weighted by Gasteiger charge is -2.22. The molecule has 5 heteroatoms. The Hall–Kier alpha value is -1.46. The van der Waals surface area contributed by atoms with E-state index in [4.69, 9.17) is 0 Å². The molecule has 0 aliphatic carbocycles. The van der Waals surface area contributed by atoms with Crippen LogP contribution in [0.25, 0.3) is 11.1 Å². The number of nitrogens with one attached hydrogen (secondary N) is 2. The number of fused-ring (bicyclic) bond motifs is 2. The molecular formula is C15H12BrN3S. The molecule has 4 rings (SSSR count). The van der Waals surface area contributed by atoms with Gasteiger partial charge in [0.05, 0.1) is 6.54 Å². The minimum atomic E-state index is -0.182. The fraction of sp³-hybridized carbons (Fsp3) is 0.133. The molecule has 0 saturated heterocycles. The number of hydrogen-bond donors (Lipinski definition) is 2. The van der Waals surface area contributed by atoms with E-state index < -0.39 is 0 Å². The summed E-state index contributed by atoms with van der Waals surface area (Å²) in [7, 11) is 0. The third kappa shape index (κ3) is 1.84. The van der Waals surface area contributed by atoms with Crippen molar-refractivity contribution < 1.29 is 0 Å². The molecule has 20 heavy (non-hydrogen) atoms. The van der Waals surface area contributed by atoms with Gasteiger partial charge >= 0.3 is 0 Å². The van der Waals surface area contributed by atoms with Crippen LogP contribution in [-0.2, 0) is 4.87 Å². The Morgan fingerprint density at radius 2 is 1.95 bits per heavy atom. The maximum Gasteiger partial charge on any atom is 0.161 e. The first-order valence-electron chi connectivity index (χ1n) is 6.40. The third-order valence-corrected chi connectivity index (χ3v) is 5.40. The van der Waals surface area contributed by atoms with E-state index in [1.807, 2.05) is 6.07 Å². The van der Waals surface area contributed by atoms with Crippen LogP contribution in [0.5, 0.6) is 0 Å². The maximum absolute atomic E-state index is 4.28. The van der Waals surface area contributed by atoms with Gasteiger partial charge in [0.25, 0.3) is 0 Å². The smallest absolute Gasteiger partial charge is 0.161 e. The second-order valence-corrected chi connectivity index (χ2v) is 7.45. The van der Waals surface area contributed by atoms with Gasteiger partial charge < -0.3 is 5.32 Å². The van der Waals surface area contributed by atoms with Crippen molar-refractivity contribution in [3.8, 4) is 11.1 Å². The second kappa shape index (κ2) is 4.53. The number of nitrogens with zero attached hydrogens (tertiary/aromatic N) is 1. The normalized spacial score (nSPS) is 23.1. The van der Waals surface area contributed by atoms with Crippen LogP contribution in [0.15, 0.2) is 53.6 Å². The monoisotopic (exact) mass is 345 g/mol. The molecule has 2 N–H and O–H groups in total. The summed E-state index contributed by atoms with van der Waals surface area (Å²) in [5.74, 6) is 0. The minimum Gasteiger partial charge on any atom is -0.381 e. The first kappa shape index (κ1) is 12.3. The Kier molecular flexibility index (Phi) is 2.79. The number of hydrazone groups is 1. The highest BCUT2D eigenvalue weighted by Gasteiger charge is 2.44. The second-order valence-electron chi connectivity index (χ2n) is 4.89. The van der Waals surface area contributed by atoms with E-state index in [2.05, 4.69) is 74.2 Å². The molecule has 0 bridgehead atoms. The molecule has 0 radical (unpaired) electrons. The van der Waals surface area contributed by atoms with E-state index in [0.29, 0.717) is 0 Å². The van der Waals surface area contributed by atoms with Gasteiger partial charge in [0, 0.05) is 11.3 Å². The molecule has 2 aromatic carbocycles. The Morgan fingerprint density at radius 3 is 2.70 bits per heavy atom. The average Bonchev–Trinajstić information content (AvgIpc) is 3.05. The molecule has 2 heterocycles. The predicted molar refractivity (Wildman–Crippen MR) is 89.1 cm³/mol. The fourth-order valence-electron chi connectivity index (χ4n) is 2.67. The molecule has 3 nitrogen and oxygen atoms in total. The SMILES string of the molecule is BrC1=NNC2(CNc3ccc(-c4ccccc4)cc32)S1. The zero-order valence-corrected chi connectivity index (χ0v) is 13.0. The van der Waals surface area contributed by atoms with Gasteiger partial charge in [-0.15, -0.1) is 0 Å². The van der Waals surface area contributed by atoms with Crippen molar-refractivity contribution in [2.45, 2.75) is 4.87 Å². The molecule has 2 aliphatic heterocycles. The van der Waals surface area contributed by atoms with Crippen LogP contribution in [0.4, 0.5) is 5.69 Å². The zero-order chi connectivity index (χ0) is 13.6. The van der Waals surface area contributed by atoms with Crippen molar-refractivity contribution in [3.63, 3.8) is 0 Å². The lowest BCUT2D eigenvalue weighted by atomic mass is 10.00. The van der Waals surface area contributed by atoms with Crippen molar-refractivity contribution in [2.24, 2.45) is 5.10 Å². The van der Waals surface area contributed by atoms with Crippen molar-refractivity contribution >= 4 is 37.3 Å². The van der Waals surface area contributed by atoms with Crippen molar-refractivity contribution in [2.75, 3.05) is 11.9 Å². The van der Waals surface area contributed by atoms with Crippen molar-refractivity contribution in [3.05, 3.63) is 54.1 Å². The van der Waals surface area contributed by atoms with Gasteiger partial charge in [0.1, 0.15) is 0 Å². The van der Waals surface area contributed by atoms with Gasteiger partial charge in [-0.05, 0) is 39.2 Å². The number of halogens is 1. The van der Waals surface area contributed by atoms with Crippen LogP contribution in [0.1, 0.15) is 5.56 Å². The lowest BCUT2D eigenvalue weighted by molar-refractivity contribution is 0.561. The van der Waals surface area contributed by atoms with Gasteiger partial charge in [-0.1, -0.05) is 48.2 Å². The molecule has 0 saturated carbocycles. The highest BCUT2D eigenvalue weighted by Crippen LogP contribution is 2.48. The summed E-state index contributed by atoms with van der Waals surface area (Å²) >= 11 is 5.18. The molecular weight excluding hydrogens is 334 g/mol. The highest BCUT2D eigenvalue weighted by molar-refractivity contribution is 9.22. The summed E-state index contributed by atoms with van der Waals surface area (Å²) in [6.07, 6.45) is 0. The number of thioether (sulfide) groups is 1. The molecule has 0 aromatic heterocycles. The number of benzene rings is 2. The van der Waals surface area contributed by atoms with E-state index in [1.54, 1.807) is 11.8 Å². The molecule has 2 aliphatic rings. The van der Waals surface area contributed by atoms with E-state index in [0.717, 1.165) is 10.5 Å². The van der Waals surface area contributed by atoms with Crippen molar-refractivity contribution in [1.82, 2.24) is 5.43 Å². The molecule has 2 aromatic rings. The summed E-state index contributed by atoms with van der Waals surface area (Å²) < 4.78 is 0.900. The topological polar surface area (TPSA) is 36.4 Å². The number of hydrogen-bond acceptors (Lipinski definition) is 4. The first-order chi connectivity index (χ1) is 9.77. The molecule has 0 fully saturated rings. The van der Waals surface area contributed by atoms with Crippen LogP contribution in [0.3, 0.4) is 0 Å². The van der Waals surface area contributed by atoms with Gasteiger partial charge in [0.15, 0.2) is 8.82 Å². The van der Waals surface area contributed by atoms with Gasteiger partial charge in [-0.3, -0.25) is 5.43 Å². The summed E-state index contributed by atoms with van der Waals surface area (Å²) in [5.41, 5.74) is 8.18. The van der Waals surface area contributed by atoms with Gasteiger partial charge in [-0.2, -0.15) is 5.10 Å². The Balaban J connectivity index is 1.80. The zero-order valence-electron chi connectivity index (χ0n) is 10.6. The molecule has 100 valence electrons. The largest absolute Gasteiger partial charge is 0.381 e. The predicted octanol–water partition coefficient (Wildman–Crippen LogP) is 3.93. The summed E-state index contributed by atoms with van der Waals surface area (Å²) in [6.45, 7) is 0.837. The summed E-state index contributed by atoms with van der Waals surface area (Å²) in [6, 6.07) is 17.0. The molecule has 1 spiro atoms. The molecule has 1 atom stereocenters. The minimum absolute atomic E-state index is 0.182. The molecule has 0 amide bonds. The molecule has 1 unspecified atom stereocenters. The van der Waals surface area contributed by atoms with E-state index in [-0.39, 0.29) is 4.87 Å². The third-order valence-electron chi connectivity index (χ3n) is 3.67. The van der Waals surface area contributed by atoms with Gasteiger partial charge in [-0.25, -0.2) is 0 Å². The van der Waals surface area contributed by atoms with E-state index in [9.17, 15) is 0 Å². The van der Waals surface area contributed by atoms with Crippen LogP contribution in [-0.4, -0.2) is 10.5 Å². The Morgan fingerprint density at radius 1 is 1.10 bits per heavy atom. The highest BCUT2D eigenvalue weighted by atomic mass is 79.9. The lowest BCUT2D eigenvalue weighted by Crippen LogP contribution is -2.34. The summed E-state index contributed by atoms with van der Waals surface area (Å²) in [5, 5.41) is 7.73. The standard InChI is InChI=1S/C15H12BrN3S/c16-14-18-19-15(20-14)9-17-13-7-6-11(8-12(13)15)10-4-2-1-3-5-10/h1-8,17,19H,9H2. The van der Waals surface area contributed by atoms with E-state index >= 15 is 0 Å². The number of anilines is 1. The maximum atomic E-state index is 4.28. The van der Waals surface area contributed by atoms with Crippen LogP contribution < -0.4 is 10.7 Å². The number of rotatable bonds is 1. The Bertz CT molecular complexity index is 702. The van der Waals surface area contributed by atoms with Crippen LogP contribution in [0, 0.1) is 0 Å². The van der Waals surface area contributed by atoms with Crippen LogP contribution in [0.2, 0.25) is 0 Å². The van der Waals surface area contributed by atoms with Crippen molar-refractivity contribution in [1.29, 1.82) is 0 Å². The quantitative estimate of drug-likeness (QED) is 0.821. The fourth-order valence-corrected chi connectivity index (χ4v) is 4.48. The summed E-state index contributed by atoms with van der Waals surface area (Å²) in [4.78, 5) is -0.182.